The Hall–Kier alpha value is -4.45. The maximum Gasteiger partial charge on any atom is 0.216 e. The van der Waals surface area contributed by atoms with Crippen molar-refractivity contribution in [1.29, 1.82) is 0 Å². The number of hydrogen-bond donors (Lipinski definition) is 1. The van der Waals surface area contributed by atoms with Gasteiger partial charge in [0.2, 0.25) is 5.71 Å². The summed E-state index contributed by atoms with van der Waals surface area (Å²) in [6.07, 6.45) is 5.49. The second-order valence-corrected chi connectivity index (χ2v) is 14.6. The third-order valence-corrected chi connectivity index (χ3v) is 11.5. The maximum absolute atomic E-state index is 12.2. The molecule has 0 aliphatic carbocycles. The number of fused-ring (bicyclic) bond motifs is 8. The van der Waals surface area contributed by atoms with Gasteiger partial charge in [0.25, 0.3) is 0 Å². The Bertz CT molecular complexity index is 2490. The van der Waals surface area contributed by atoms with E-state index < -0.39 is 0 Å². The Morgan fingerprint density at radius 1 is 0.792 bits per heavy atom. The minimum absolute atomic E-state index is 0. The zero-order valence-electron chi connectivity index (χ0n) is 32.4. The number of carbonyl (C=O) groups excluding carboxylic acids is 1. The first kappa shape index (κ1) is 39.8. The second-order valence-electron chi connectivity index (χ2n) is 14.6. The van der Waals surface area contributed by atoms with Gasteiger partial charge in [-0.1, -0.05) is 102 Å². The van der Waals surface area contributed by atoms with Crippen molar-refractivity contribution in [3.63, 3.8) is 0 Å². The number of pyridine rings is 1. The summed E-state index contributed by atoms with van der Waals surface area (Å²) in [6, 6.07) is 26.6. The summed E-state index contributed by atoms with van der Waals surface area (Å²) in [6.45, 7) is 18.3. The molecule has 0 saturated carbocycles. The number of aromatic nitrogens is 3. The first-order chi connectivity index (χ1) is 24.9. The van der Waals surface area contributed by atoms with Crippen molar-refractivity contribution in [3.05, 3.63) is 102 Å². The van der Waals surface area contributed by atoms with Crippen LogP contribution in [-0.2, 0) is 31.3 Å². The minimum atomic E-state index is -0.337. The van der Waals surface area contributed by atoms with E-state index in [-0.39, 0.29) is 42.5 Å². The van der Waals surface area contributed by atoms with Crippen LogP contribution >= 0.6 is 0 Å². The third kappa shape index (κ3) is 7.26. The molecule has 0 atom stereocenters. The SMILES string of the molecule is CCC(C)(CC)C(=O)/C=C(\O)C(C)(CC)CC.CCc1nc(-c2[c-]ccc3c2oc2nc(C)ccc23)c2ccc3c4ccccc4cc(C)c3c2n1.[Ir]. The van der Waals surface area contributed by atoms with Crippen molar-refractivity contribution in [2.45, 2.75) is 94.4 Å². The number of aliphatic hydroxyl groups excluding tert-OH is 1. The molecule has 4 aromatic carbocycles. The molecule has 7 heteroatoms. The van der Waals surface area contributed by atoms with Gasteiger partial charge in [0.15, 0.2) is 5.78 Å². The summed E-state index contributed by atoms with van der Waals surface area (Å²) in [7, 11) is 0. The van der Waals surface area contributed by atoms with Crippen molar-refractivity contribution >= 4 is 60.3 Å². The predicted octanol–water partition coefficient (Wildman–Crippen LogP) is 12.5. The van der Waals surface area contributed by atoms with Crippen molar-refractivity contribution in [1.82, 2.24) is 15.0 Å². The van der Waals surface area contributed by atoms with E-state index in [0.29, 0.717) is 5.71 Å². The molecule has 0 spiro atoms. The topological polar surface area (TPSA) is 89.1 Å². The average molecular weight is 885 g/mol. The molecular formula is C46H50IrN3O3-. The Morgan fingerprint density at radius 2 is 1.45 bits per heavy atom. The molecular weight excluding hydrogens is 835 g/mol. The summed E-state index contributed by atoms with van der Waals surface area (Å²) in [4.78, 5) is 26.8. The molecule has 1 N–H and O–H groups in total. The smallest absolute Gasteiger partial charge is 0.216 e. The fraction of sp³-hybridized carbons (Fsp3) is 0.348. The van der Waals surface area contributed by atoms with Gasteiger partial charge in [-0.15, -0.1) is 18.2 Å². The monoisotopic (exact) mass is 885 g/mol. The van der Waals surface area contributed by atoms with Crippen LogP contribution in [0.2, 0.25) is 0 Å². The Kier molecular flexibility index (Phi) is 11.9. The van der Waals surface area contributed by atoms with Crippen LogP contribution in [0.5, 0.6) is 0 Å². The number of carbonyl (C=O) groups is 1. The number of rotatable bonds is 9. The molecule has 0 fully saturated rings. The summed E-state index contributed by atoms with van der Waals surface area (Å²) >= 11 is 0. The zero-order chi connectivity index (χ0) is 37.4. The van der Waals surface area contributed by atoms with E-state index in [0.717, 1.165) is 82.1 Å². The Balaban J connectivity index is 0.000000259. The number of hydrogen-bond acceptors (Lipinski definition) is 6. The molecule has 1 radical (unpaired) electrons. The number of benzene rings is 4. The predicted molar refractivity (Wildman–Crippen MR) is 216 cm³/mol. The standard InChI is InChI=1S/C31H22N3O.C15H28O2.Ir/c1-4-26-33-28(25-11-7-10-22-23-13-12-18(3)32-31(23)35-30(22)25)24-15-14-21-20-9-6-5-8-19(20)16-17(2)27(21)29(24)34-26;1-7-14(5,8-2)12(16)11-13(17)15(6,9-3)10-4;/h5-10,12-16H,4H2,1-3H3;11,16H,7-10H2,1-6H3;/q-1;;/b;12-11-;. The third-order valence-electron chi connectivity index (χ3n) is 11.5. The molecule has 53 heavy (non-hydrogen) atoms. The van der Waals surface area contributed by atoms with E-state index in [1.54, 1.807) is 0 Å². The molecule has 6 nitrogen and oxygen atoms in total. The van der Waals surface area contributed by atoms with Crippen LogP contribution in [0.15, 0.2) is 83.0 Å². The van der Waals surface area contributed by atoms with Gasteiger partial charge in [-0.25, -0.2) is 9.97 Å². The van der Waals surface area contributed by atoms with Crippen LogP contribution < -0.4 is 0 Å². The molecule has 3 aromatic heterocycles. The van der Waals surface area contributed by atoms with E-state index in [9.17, 15) is 9.90 Å². The van der Waals surface area contributed by atoms with Crippen LogP contribution in [0.25, 0.3) is 65.8 Å². The Morgan fingerprint density at radius 3 is 2.13 bits per heavy atom. The van der Waals surface area contributed by atoms with Crippen molar-refractivity contribution in [2.24, 2.45) is 10.8 Å². The first-order valence-corrected chi connectivity index (χ1v) is 18.7. The van der Waals surface area contributed by atoms with Crippen LogP contribution in [0, 0.1) is 30.7 Å². The van der Waals surface area contributed by atoms with Gasteiger partial charge in [0.05, 0.1) is 11.1 Å². The number of allylic oxidation sites excluding steroid dienone is 2. The number of nitrogens with zero attached hydrogens (tertiary/aromatic N) is 3. The van der Waals surface area contributed by atoms with E-state index in [2.05, 4.69) is 73.4 Å². The second kappa shape index (κ2) is 15.9. The zero-order valence-corrected chi connectivity index (χ0v) is 34.8. The quantitative estimate of drug-likeness (QED) is 0.0672. The van der Waals surface area contributed by atoms with E-state index >= 15 is 0 Å². The molecule has 0 unspecified atom stereocenters. The van der Waals surface area contributed by atoms with Crippen LogP contribution in [0.1, 0.15) is 91.2 Å². The molecule has 3 heterocycles. The number of aliphatic hydroxyl groups is 1. The minimum Gasteiger partial charge on any atom is -0.512 e. The number of furan rings is 1. The van der Waals surface area contributed by atoms with Crippen molar-refractivity contribution < 1.29 is 34.4 Å². The van der Waals surface area contributed by atoms with Gasteiger partial charge >= 0.3 is 0 Å². The molecule has 0 aliphatic rings. The van der Waals surface area contributed by atoms with E-state index in [1.165, 1.54) is 33.2 Å². The molecule has 0 saturated heterocycles. The van der Waals surface area contributed by atoms with Crippen molar-refractivity contribution in [2.75, 3.05) is 0 Å². The van der Waals surface area contributed by atoms with Crippen LogP contribution in [0.3, 0.4) is 0 Å². The fourth-order valence-electron chi connectivity index (χ4n) is 6.96. The first-order valence-electron chi connectivity index (χ1n) is 18.7. The van der Waals surface area contributed by atoms with Crippen LogP contribution in [0.4, 0.5) is 0 Å². The van der Waals surface area contributed by atoms with Gasteiger partial charge in [-0.2, -0.15) is 0 Å². The van der Waals surface area contributed by atoms with Gasteiger partial charge in [-0.3, -0.25) is 9.78 Å². The van der Waals surface area contributed by atoms with Crippen LogP contribution in [-0.4, -0.2) is 25.8 Å². The molecule has 277 valence electrons. The number of ketones is 1. The van der Waals surface area contributed by atoms with Crippen molar-refractivity contribution in [3.8, 4) is 11.3 Å². The molecule has 0 bridgehead atoms. The Labute approximate surface area is 326 Å². The fourth-order valence-corrected chi connectivity index (χ4v) is 6.96. The van der Waals surface area contributed by atoms with E-state index in [1.807, 2.05) is 66.7 Å². The molecule has 7 aromatic rings. The van der Waals surface area contributed by atoms with Gasteiger partial charge in [0.1, 0.15) is 11.6 Å². The van der Waals surface area contributed by atoms with Gasteiger partial charge in [0, 0.05) is 65.6 Å². The molecule has 7 rings (SSSR count). The molecule has 0 aliphatic heterocycles. The summed E-state index contributed by atoms with van der Waals surface area (Å²) < 4.78 is 6.31. The summed E-state index contributed by atoms with van der Waals surface area (Å²) in [5.41, 5.74) is 5.61. The molecule has 0 amide bonds. The summed E-state index contributed by atoms with van der Waals surface area (Å²) in [5, 5.41) is 18.0. The largest absolute Gasteiger partial charge is 0.512 e. The van der Waals surface area contributed by atoms with E-state index in [4.69, 9.17) is 14.4 Å². The van der Waals surface area contributed by atoms with Gasteiger partial charge < -0.3 is 9.52 Å². The normalized spacial score (nSPS) is 12.4. The average Bonchev–Trinajstić information content (AvgIpc) is 3.54. The summed E-state index contributed by atoms with van der Waals surface area (Å²) in [5.74, 6) is 1.09. The maximum atomic E-state index is 12.2. The number of aryl methyl sites for hydroxylation is 3. The van der Waals surface area contributed by atoms with Gasteiger partial charge in [-0.05, 0) is 78.8 Å².